The summed E-state index contributed by atoms with van der Waals surface area (Å²) in [6, 6.07) is 0. The van der Waals surface area contributed by atoms with Crippen LogP contribution in [0, 0.1) is 0 Å². The van der Waals surface area contributed by atoms with E-state index in [0.717, 1.165) is 24.0 Å². The summed E-state index contributed by atoms with van der Waals surface area (Å²) in [6.45, 7) is 1.78. The molecule has 0 aliphatic carbocycles. The SMILES string of the molecule is Brc1cnc(NCCC2CCCCO2)nc1. The Kier molecular flexibility index (Phi) is 4.54. The average molecular weight is 286 g/mol. The first-order valence-electron chi connectivity index (χ1n) is 5.67. The van der Waals surface area contributed by atoms with Crippen molar-refractivity contribution in [2.24, 2.45) is 0 Å². The van der Waals surface area contributed by atoms with Crippen molar-refractivity contribution in [2.75, 3.05) is 18.5 Å². The zero-order valence-corrected chi connectivity index (χ0v) is 10.7. The predicted molar refractivity (Wildman–Crippen MR) is 66.4 cm³/mol. The molecule has 1 fully saturated rings. The maximum absolute atomic E-state index is 5.65. The van der Waals surface area contributed by atoms with Gasteiger partial charge in [0.2, 0.25) is 5.95 Å². The Labute approximate surface area is 104 Å². The number of nitrogens with one attached hydrogen (secondary N) is 1. The predicted octanol–water partition coefficient (Wildman–Crippen LogP) is 2.61. The van der Waals surface area contributed by atoms with E-state index < -0.39 is 0 Å². The minimum absolute atomic E-state index is 0.414. The Morgan fingerprint density at radius 1 is 1.38 bits per heavy atom. The van der Waals surface area contributed by atoms with Gasteiger partial charge in [0, 0.05) is 25.5 Å². The maximum Gasteiger partial charge on any atom is 0.222 e. The second kappa shape index (κ2) is 6.15. The number of rotatable bonds is 4. The van der Waals surface area contributed by atoms with Crippen LogP contribution in [0.3, 0.4) is 0 Å². The summed E-state index contributed by atoms with van der Waals surface area (Å²) in [6.07, 6.45) is 8.61. The molecule has 1 atom stereocenters. The van der Waals surface area contributed by atoms with E-state index in [1.54, 1.807) is 12.4 Å². The molecule has 0 aromatic carbocycles. The fourth-order valence-electron chi connectivity index (χ4n) is 1.78. The normalized spacial score (nSPS) is 20.7. The number of nitrogens with zero attached hydrogens (tertiary/aromatic N) is 2. The molecule has 1 aliphatic rings. The molecule has 1 aromatic rings. The lowest BCUT2D eigenvalue weighted by molar-refractivity contribution is 0.0134. The Balaban J connectivity index is 1.69. The van der Waals surface area contributed by atoms with Gasteiger partial charge in [0.1, 0.15) is 0 Å². The van der Waals surface area contributed by atoms with Gasteiger partial charge in [0.05, 0.1) is 10.6 Å². The number of halogens is 1. The molecule has 1 N–H and O–H groups in total. The first kappa shape index (κ1) is 11.8. The second-order valence-electron chi connectivity index (χ2n) is 3.93. The van der Waals surface area contributed by atoms with E-state index in [1.807, 2.05) is 0 Å². The van der Waals surface area contributed by atoms with E-state index in [0.29, 0.717) is 12.1 Å². The molecular formula is C11H16BrN3O. The molecule has 0 amide bonds. The zero-order valence-electron chi connectivity index (χ0n) is 9.16. The largest absolute Gasteiger partial charge is 0.378 e. The minimum Gasteiger partial charge on any atom is -0.378 e. The number of ether oxygens (including phenoxy) is 1. The lowest BCUT2D eigenvalue weighted by Gasteiger charge is -2.22. The van der Waals surface area contributed by atoms with E-state index in [4.69, 9.17) is 4.74 Å². The fraction of sp³-hybridized carbons (Fsp3) is 0.636. The maximum atomic E-state index is 5.65. The average Bonchev–Trinajstić information content (AvgIpc) is 2.33. The zero-order chi connectivity index (χ0) is 11.2. The Hall–Kier alpha value is -0.680. The molecule has 0 bridgehead atoms. The standard InChI is InChI=1S/C11H16BrN3O/c12-9-7-14-11(15-8-9)13-5-4-10-3-1-2-6-16-10/h7-8,10H,1-6H2,(H,13,14,15). The van der Waals surface area contributed by atoms with Gasteiger partial charge in [-0.05, 0) is 41.6 Å². The number of hydrogen-bond acceptors (Lipinski definition) is 4. The van der Waals surface area contributed by atoms with Gasteiger partial charge in [-0.1, -0.05) is 0 Å². The van der Waals surface area contributed by atoms with Crippen LogP contribution in [0.1, 0.15) is 25.7 Å². The van der Waals surface area contributed by atoms with E-state index in [-0.39, 0.29) is 0 Å². The summed E-state index contributed by atoms with van der Waals surface area (Å²) >= 11 is 3.30. The molecule has 1 saturated heterocycles. The van der Waals surface area contributed by atoms with Crippen LogP contribution < -0.4 is 5.32 Å². The highest BCUT2D eigenvalue weighted by atomic mass is 79.9. The summed E-state index contributed by atoms with van der Waals surface area (Å²) in [7, 11) is 0. The van der Waals surface area contributed by atoms with Gasteiger partial charge in [-0.15, -0.1) is 0 Å². The van der Waals surface area contributed by atoms with Crippen molar-refractivity contribution < 1.29 is 4.74 Å². The van der Waals surface area contributed by atoms with Crippen molar-refractivity contribution in [3.05, 3.63) is 16.9 Å². The summed E-state index contributed by atoms with van der Waals surface area (Å²) in [5, 5.41) is 3.20. The lowest BCUT2D eigenvalue weighted by Crippen LogP contribution is -2.22. The first-order valence-corrected chi connectivity index (χ1v) is 6.47. The molecule has 1 unspecified atom stereocenters. The van der Waals surface area contributed by atoms with E-state index in [2.05, 4.69) is 31.2 Å². The molecule has 16 heavy (non-hydrogen) atoms. The molecule has 0 saturated carbocycles. The second-order valence-corrected chi connectivity index (χ2v) is 4.84. The Morgan fingerprint density at radius 2 is 2.19 bits per heavy atom. The van der Waals surface area contributed by atoms with Crippen molar-refractivity contribution in [1.29, 1.82) is 0 Å². The Morgan fingerprint density at radius 3 is 2.88 bits per heavy atom. The van der Waals surface area contributed by atoms with E-state index in [9.17, 15) is 0 Å². The molecule has 1 aliphatic heterocycles. The molecule has 1 aromatic heterocycles. The third-order valence-corrected chi connectivity index (χ3v) is 3.05. The minimum atomic E-state index is 0.414. The summed E-state index contributed by atoms with van der Waals surface area (Å²) < 4.78 is 6.54. The first-order chi connectivity index (χ1) is 7.84. The molecule has 0 spiro atoms. The summed E-state index contributed by atoms with van der Waals surface area (Å²) in [4.78, 5) is 8.30. The molecule has 2 heterocycles. The van der Waals surface area contributed by atoms with E-state index in [1.165, 1.54) is 19.3 Å². The highest BCUT2D eigenvalue weighted by molar-refractivity contribution is 9.10. The van der Waals surface area contributed by atoms with Crippen LogP contribution in [0.15, 0.2) is 16.9 Å². The molecule has 0 radical (unpaired) electrons. The van der Waals surface area contributed by atoms with Gasteiger partial charge in [-0.3, -0.25) is 0 Å². The van der Waals surface area contributed by atoms with Crippen molar-refractivity contribution in [2.45, 2.75) is 31.8 Å². The van der Waals surface area contributed by atoms with Gasteiger partial charge in [0.25, 0.3) is 0 Å². The van der Waals surface area contributed by atoms with Crippen LogP contribution in [-0.4, -0.2) is 29.2 Å². The number of anilines is 1. The quantitative estimate of drug-likeness (QED) is 0.924. The topological polar surface area (TPSA) is 47.0 Å². The third kappa shape index (κ3) is 3.72. The monoisotopic (exact) mass is 285 g/mol. The van der Waals surface area contributed by atoms with Gasteiger partial charge >= 0.3 is 0 Å². The van der Waals surface area contributed by atoms with Crippen LogP contribution in [0.5, 0.6) is 0 Å². The van der Waals surface area contributed by atoms with Crippen molar-refractivity contribution in [1.82, 2.24) is 9.97 Å². The van der Waals surface area contributed by atoms with Gasteiger partial charge in [0.15, 0.2) is 0 Å². The van der Waals surface area contributed by atoms with Crippen LogP contribution in [0.4, 0.5) is 5.95 Å². The highest BCUT2D eigenvalue weighted by Crippen LogP contribution is 2.15. The lowest BCUT2D eigenvalue weighted by atomic mass is 10.1. The molecule has 4 nitrogen and oxygen atoms in total. The molecular weight excluding hydrogens is 270 g/mol. The molecule has 5 heteroatoms. The van der Waals surface area contributed by atoms with Crippen LogP contribution in [-0.2, 0) is 4.74 Å². The number of aromatic nitrogens is 2. The van der Waals surface area contributed by atoms with Gasteiger partial charge < -0.3 is 10.1 Å². The molecule has 88 valence electrons. The summed E-state index contributed by atoms with van der Waals surface area (Å²) in [5.41, 5.74) is 0. The van der Waals surface area contributed by atoms with Crippen molar-refractivity contribution in [3.63, 3.8) is 0 Å². The smallest absolute Gasteiger partial charge is 0.222 e. The van der Waals surface area contributed by atoms with Crippen LogP contribution >= 0.6 is 15.9 Å². The van der Waals surface area contributed by atoms with Crippen molar-refractivity contribution in [3.8, 4) is 0 Å². The Bertz CT molecular complexity index is 312. The fourth-order valence-corrected chi connectivity index (χ4v) is 1.99. The highest BCUT2D eigenvalue weighted by Gasteiger charge is 2.12. The number of hydrogen-bond donors (Lipinski definition) is 1. The summed E-state index contributed by atoms with van der Waals surface area (Å²) in [5.74, 6) is 0.680. The molecule has 2 rings (SSSR count). The van der Waals surface area contributed by atoms with E-state index >= 15 is 0 Å². The van der Waals surface area contributed by atoms with Gasteiger partial charge in [-0.2, -0.15) is 0 Å². The van der Waals surface area contributed by atoms with Crippen LogP contribution in [0.25, 0.3) is 0 Å². The van der Waals surface area contributed by atoms with Gasteiger partial charge in [-0.25, -0.2) is 9.97 Å². The third-order valence-electron chi connectivity index (χ3n) is 2.64. The van der Waals surface area contributed by atoms with Crippen molar-refractivity contribution >= 4 is 21.9 Å². The van der Waals surface area contributed by atoms with Crippen LogP contribution in [0.2, 0.25) is 0 Å².